The number of likely N-dealkylation sites (N-methyl/N-ethyl adjacent to an activating group) is 1. The molecule has 0 aliphatic carbocycles. The number of rotatable bonds is 5. The molecular formula is C17H21N3O3. The number of hydrogen-bond acceptors (Lipinski definition) is 3. The molecule has 1 atom stereocenters. The lowest BCUT2D eigenvalue weighted by Crippen LogP contribution is -2.33. The highest BCUT2D eigenvalue weighted by Crippen LogP contribution is 2.25. The van der Waals surface area contributed by atoms with Gasteiger partial charge in [0.2, 0.25) is 17.7 Å². The number of amides is 3. The van der Waals surface area contributed by atoms with Gasteiger partial charge in [0, 0.05) is 38.3 Å². The van der Waals surface area contributed by atoms with Gasteiger partial charge >= 0.3 is 0 Å². The van der Waals surface area contributed by atoms with Gasteiger partial charge in [-0.05, 0) is 19.1 Å². The Labute approximate surface area is 135 Å². The molecule has 1 aromatic rings. The Hall–Kier alpha value is -2.63. The van der Waals surface area contributed by atoms with Gasteiger partial charge in [0.05, 0.1) is 5.92 Å². The Morgan fingerprint density at radius 3 is 2.65 bits per heavy atom. The van der Waals surface area contributed by atoms with Crippen molar-refractivity contribution >= 4 is 23.4 Å². The number of aryl methyl sites for hydroxylation is 1. The second-order valence-electron chi connectivity index (χ2n) is 5.50. The van der Waals surface area contributed by atoms with Crippen molar-refractivity contribution in [2.45, 2.75) is 13.3 Å². The minimum Gasteiger partial charge on any atom is -0.356 e. The Kier molecular flexibility index (Phi) is 5.51. The fraction of sp³-hybridized carbons (Fsp3) is 0.353. The molecular weight excluding hydrogens is 294 g/mol. The highest BCUT2D eigenvalue weighted by molar-refractivity contribution is 6.00. The molecule has 1 saturated heterocycles. The van der Waals surface area contributed by atoms with Gasteiger partial charge in [-0.25, -0.2) is 0 Å². The average molecular weight is 315 g/mol. The van der Waals surface area contributed by atoms with E-state index >= 15 is 0 Å². The highest BCUT2D eigenvalue weighted by Gasteiger charge is 2.34. The molecule has 2 N–H and O–H groups in total. The number of carbonyl (C=O) groups is 3. The normalized spacial score (nSPS) is 17.6. The van der Waals surface area contributed by atoms with Crippen LogP contribution in [0.25, 0.3) is 0 Å². The molecule has 1 heterocycles. The van der Waals surface area contributed by atoms with Crippen LogP contribution in [0.15, 0.2) is 36.4 Å². The number of nitrogens with zero attached hydrogens (tertiary/aromatic N) is 1. The van der Waals surface area contributed by atoms with Crippen molar-refractivity contribution < 1.29 is 14.4 Å². The van der Waals surface area contributed by atoms with Gasteiger partial charge in [-0.2, -0.15) is 0 Å². The van der Waals surface area contributed by atoms with Gasteiger partial charge in [-0.1, -0.05) is 23.8 Å². The fourth-order valence-electron chi connectivity index (χ4n) is 2.41. The van der Waals surface area contributed by atoms with Crippen LogP contribution in [0.3, 0.4) is 0 Å². The molecule has 1 aromatic carbocycles. The van der Waals surface area contributed by atoms with Crippen LogP contribution in [-0.4, -0.2) is 37.9 Å². The van der Waals surface area contributed by atoms with E-state index in [4.69, 9.17) is 0 Å². The standard InChI is InChI=1S/C17H21N3O3/c1-12-5-7-14(8-6-12)20-11-13(10-16(20)22)17(23)19-9-3-4-15(21)18-2/h3-8,13H,9-11H2,1-2H3,(H,18,21)(H,19,23)/b4-3+/t13-/m1/s1. The topological polar surface area (TPSA) is 78.5 Å². The van der Waals surface area contributed by atoms with Crippen molar-refractivity contribution in [3.8, 4) is 0 Å². The zero-order valence-electron chi connectivity index (χ0n) is 13.3. The number of benzene rings is 1. The van der Waals surface area contributed by atoms with Crippen LogP contribution in [0, 0.1) is 12.8 Å². The lowest BCUT2D eigenvalue weighted by molar-refractivity contribution is -0.126. The maximum absolute atomic E-state index is 12.1. The summed E-state index contributed by atoms with van der Waals surface area (Å²) in [5.41, 5.74) is 1.94. The van der Waals surface area contributed by atoms with Crippen LogP contribution in [-0.2, 0) is 14.4 Å². The summed E-state index contributed by atoms with van der Waals surface area (Å²) < 4.78 is 0. The molecule has 6 nitrogen and oxygen atoms in total. The summed E-state index contributed by atoms with van der Waals surface area (Å²) in [6.07, 6.45) is 3.14. The maximum Gasteiger partial charge on any atom is 0.243 e. The summed E-state index contributed by atoms with van der Waals surface area (Å²) >= 11 is 0. The van der Waals surface area contributed by atoms with Crippen LogP contribution < -0.4 is 15.5 Å². The smallest absolute Gasteiger partial charge is 0.243 e. The molecule has 1 aliphatic heterocycles. The third-order valence-corrected chi connectivity index (χ3v) is 3.75. The van der Waals surface area contributed by atoms with E-state index in [0.29, 0.717) is 6.54 Å². The van der Waals surface area contributed by atoms with E-state index in [-0.39, 0.29) is 36.6 Å². The lowest BCUT2D eigenvalue weighted by atomic mass is 10.1. The van der Waals surface area contributed by atoms with E-state index in [2.05, 4.69) is 10.6 Å². The molecule has 0 bridgehead atoms. The zero-order chi connectivity index (χ0) is 16.8. The molecule has 0 spiro atoms. The van der Waals surface area contributed by atoms with E-state index in [1.54, 1.807) is 11.0 Å². The van der Waals surface area contributed by atoms with Crippen molar-refractivity contribution in [1.82, 2.24) is 10.6 Å². The summed E-state index contributed by atoms with van der Waals surface area (Å²) in [7, 11) is 1.54. The average Bonchev–Trinajstić information content (AvgIpc) is 2.93. The minimum absolute atomic E-state index is 0.0464. The minimum atomic E-state index is -0.364. The molecule has 0 aromatic heterocycles. The van der Waals surface area contributed by atoms with Crippen LogP contribution in [0.2, 0.25) is 0 Å². The van der Waals surface area contributed by atoms with Gasteiger partial charge in [-0.15, -0.1) is 0 Å². The molecule has 2 rings (SSSR count). The maximum atomic E-state index is 12.1. The number of hydrogen-bond donors (Lipinski definition) is 2. The molecule has 6 heteroatoms. The summed E-state index contributed by atoms with van der Waals surface area (Å²) in [6, 6.07) is 7.67. The van der Waals surface area contributed by atoms with Gasteiger partial charge in [-0.3, -0.25) is 14.4 Å². The van der Waals surface area contributed by atoms with Crippen molar-refractivity contribution in [3.05, 3.63) is 42.0 Å². The van der Waals surface area contributed by atoms with Gasteiger partial charge in [0.25, 0.3) is 0 Å². The lowest BCUT2D eigenvalue weighted by Gasteiger charge is -2.16. The van der Waals surface area contributed by atoms with E-state index in [1.165, 1.54) is 13.1 Å². The van der Waals surface area contributed by atoms with Gasteiger partial charge in [0.15, 0.2) is 0 Å². The Balaban J connectivity index is 1.89. The Morgan fingerprint density at radius 1 is 1.30 bits per heavy atom. The summed E-state index contributed by atoms with van der Waals surface area (Å²) in [5, 5.41) is 5.17. The van der Waals surface area contributed by atoms with Gasteiger partial charge in [0.1, 0.15) is 0 Å². The first-order chi connectivity index (χ1) is 11.0. The molecule has 0 saturated carbocycles. The van der Waals surface area contributed by atoms with Crippen molar-refractivity contribution in [3.63, 3.8) is 0 Å². The molecule has 0 radical (unpaired) electrons. The summed E-state index contributed by atoms with van der Waals surface area (Å²) in [6.45, 7) is 2.63. The Morgan fingerprint density at radius 2 is 2.00 bits per heavy atom. The zero-order valence-corrected chi connectivity index (χ0v) is 13.3. The van der Waals surface area contributed by atoms with E-state index < -0.39 is 0 Å². The van der Waals surface area contributed by atoms with Crippen LogP contribution in [0.1, 0.15) is 12.0 Å². The van der Waals surface area contributed by atoms with Crippen LogP contribution in [0.5, 0.6) is 0 Å². The molecule has 3 amide bonds. The largest absolute Gasteiger partial charge is 0.356 e. The van der Waals surface area contributed by atoms with Crippen LogP contribution in [0.4, 0.5) is 5.69 Å². The number of anilines is 1. The van der Waals surface area contributed by atoms with Crippen LogP contribution >= 0.6 is 0 Å². The van der Waals surface area contributed by atoms with E-state index in [1.807, 2.05) is 31.2 Å². The quantitative estimate of drug-likeness (QED) is 0.788. The molecule has 1 fully saturated rings. The third-order valence-electron chi connectivity index (χ3n) is 3.75. The second kappa shape index (κ2) is 7.58. The first-order valence-electron chi connectivity index (χ1n) is 7.54. The van der Waals surface area contributed by atoms with Crippen molar-refractivity contribution in [2.75, 3.05) is 25.0 Å². The first kappa shape index (κ1) is 16.7. The second-order valence-corrected chi connectivity index (χ2v) is 5.50. The van der Waals surface area contributed by atoms with E-state index in [0.717, 1.165) is 11.3 Å². The third kappa shape index (κ3) is 4.42. The van der Waals surface area contributed by atoms with E-state index in [9.17, 15) is 14.4 Å². The monoisotopic (exact) mass is 315 g/mol. The first-order valence-corrected chi connectivity index (χ1v) is 7.54. The highest BCUT2D eigenvalue weighted by atomic mass is 16.2. The predicted octanol–water partition coefficient (Wildman–Crippen LogP) is 0.766. The fourth-order valence-corrected chi connectivity index (χ4v) is 2.41. The molecule has 1 aliphatic rings. The predicted molar refractivity (Wildman–Crippen MR) is 87.9 cm³/mol. The number of carbonyl (C=O) groups excluding carboxylic acids is 3. The number of nitrogens with one attached hydrogen (secondary N) is 2. The molecule has 0 unspecified atom stereocenters. The van der Waals surface area contributed by atoms with Crippen molar-refractivity contribution in [2.24, 2.45) is 5.92 Å². The summed E-state index contributed by atoms with van der Waals surface area (Å²) in [4.78, 5) is 36.9. The summed E-state index contributed by atoms with van der Waals surface area (Å²) in [5.74, 6) is -0.803. The Bertz CT molecular complexity index is 622. The molecule has 122 valence electrons. The van der Waals surface area contributed by atoms with Crippen molar-refractivity contribution in [1.29, 1.82) is 0 Å². The SMILES string of the molecule is CNC(=O)/C=C/CNC(=O)[C@@H]1CC(=O)N(c2ccc(C)cc2)C1. The molecule has 23 heavy (non-hydrogen) atoms. The van der Waals surface area contributed by atoms with Gasteiger partial charge < -0.3 is 15.5 Å².